The van der Waals surface area contributed by atoms with Gasteiger partial charge >= 0.3 is 0 Å². The number of nitro groups is 1. The fourth-order valence-electron chi connectivity index (χ4n) is 3.01. The summed E-state index contributed by atoms with van der Waals surface area (Å²) in [7, 11) is 1.49. The number of ether oxygens (including phenoxy) is 1. The van der Waals surface area contributed by atoms with Crippen LogP contribution in [0.1, 0.15) is 27.0 Å². The molecule has 1 amide bonds. The van der Waals surface area contributed by atoms with Gasteiger partial charge in [0.05, 0.1) is 23.7 Å². The van der Waals surface area contributed by atoms with Crippen molar-refractivity contribution < 1.29 is 14.5 Å². The van der Waals surface area contributed by atoms with Crippen molar-refractivity contribution in [3.05, 3.63) is 105 Å². The van der Waals surface area contributed by atoms with Crippen LogP contribution in [0.5, 0.6) is 0 Å². The van der Waals surface area contributed by atoms with E-state index in [0.29, 0.717) is 25.4 Å². The van der Waals surface area contributed by atoms with Gasteiger partial charge in [0.25, 0.3) is 11.6 Å². The van der Waals surface area contributed by atoms with E-state index in [9.17, 15) is 14.9 Å². The Morgan fingerprint density at radius 2 is 1.63 bits per heavy atom. The summed E-state index contributed by atoms with van der Waals surface area (Å²) in [5, 5.41) is 16.7. The highest BCUT2D eigenvalue weighted by atomic mass is 16.6. The molecule has 0 unspecified atom stereocenters. The second-order valence-corrected chi connectivity index (χ2v) is 6.72. The molecule has 0 saturated heterocycles. The number of non-ortho nitro benzene ring substituents is 1. The third-order valence-electron chi connectivity index (χ3n) is 4.54. The zero-order chi connectivity index (χ0) is 21.3. The highest BCUT2D eigenvalue weighted by molar-refractivity contribution is 6.00. The second kappa shape index (κ2) is 10.2. The van der Waals surface area contributed by atoms with E-state index in [1.54, 1.807) is 6.07 Å². The van der Waals surface area contributed by atoms with E-state index in [4.69, 9.17) is 4.74 Å². The van der Waals surface area contributed by atoms with Crippen LogP contribution in [0, 0.1) is 10.1 Å². The quantitative estimate of drug-likeness (QED) is 0.409. The first-order valence-electron chi connectivity index (χ1n) is 9.50. The van der Waals surface area contributed by atoms with Crippen molar-refractivity contribution in [2.45, 2.75) is 19.8 Å². The molecule has 3 aromatic rings. The Labute approximate surface area is 174 Å². The van der Waals surface area contributed by atoms with Crippen LogP contribution in [0.2, 0.25) is 0 Å². The fraction of sp³-hybridized carbons (Fsp3) is 0.174. The highest BCUT2D eigenvalue weighted by Gasteiger charge is 2.15. The molecule has 3 aromatic carbocycles. The summed E-state index contributed by atoms with van der Waals surface area (Å²) in [6, 6.07) is 22.1. The first kappa shape index (κ1) is 21.0. The highest BCUT2D eigenvalue weighted by Crippen LogP contribution is 2.23. The summed E-state index contributed by atoms with van der Waals surface area (Å²) in [6.07, 6.45) is 0. The van der Waals surface area contributed by atoms with E-state index in [0.717, 1.165) is 16.7 Å². The van der Waals surface area contributed by atoms with Crippen LogP contribution in [0.25, 0.3) is 0 Å². The summed E-state index contributed by atoms with van der Waals surface area (Å²) >= 11 is 0. The maximum Gasteiger partial charge on any atom is 0.270 e. The SMILES string of the molecule is CNC(=O)c1cc([N+](=O)[O-])ccc1NCc1cccc(COCc2ccccc2)c1. The number of carbonyl (C=O) groups excluding carboxylic acids is 1. The molecule has 0 saturated carbocycles. The summed E-state index contributed by atoms with van der Waals surface area (Å²) in [5.41, 5.74) is 3.81. The van der Waals surface area contributed by atoms with Crippen LogP contribution in [0.3, 0.4) is 0 Å². The van der Waals surface area contributed by atoms with Crippen molar-refractivity contribution in [3.63, 3.8) is 0 Å². The second-order valence-electron chi connectivity index (χ2n) is 6.72. The maximum atomic E-state index is 12.1. The summed E-state index contributed by atoms with van der Waals surface area (Å²) in [6.45, 7) is 1.50. The van der Waals surface area contributed by atoms with Gasteiger partial charge in [-0.25, -0.2) is 0 Å². The minimum absolute atomic E-state index is 0.128. The first-order chi connectivity index (χ1) is 14.6. The molecule has 7 heteroatoms. The number of anilines is 1. The Bertz CT molecular complexity index is 1020. The molecule has 0 spiro atoms. The average Bonchev–Trinajstić information content (AvgIpc) is 2.78. The molecule has 7 nitrogen and oxygen atoms in total. The average molecular weight is 405 g/mol. The number of benzene rings is 3. The zero-order valence-corrected chi connectivity index (χ0v) is 16.6. The number of hydrogen-bond acceptors (Lipinski definition) is 5. The fourth-order valence-corrected chi connectivity index (χ4v) is 3.01. The number of nitrogens with one attached hydrogen (secondary N) is 2. The zero-order valence-electron chi connectivity index (χ0n) is 16.6. The van der Waals surface area contributed by atoms with E-state index in [1.807, 2.05) is 54.6 Å². The van der Waals surface area contributed by atoms with Crippen LogP contribution in [0.4, 0.5) is 11.4 Å². The van der Waals surface area contributed by atoms with E-state index in [-0.39, 0.29) is 17.2 Å². The van der Waals surface area contributed by atoms with Crippen LogP contribution in [-0.4, -0.2) is 17.9 Å². The molecular formula is C23H23N3O4. The molecule has 0 aliphatic rings. The van der Waals surface area contributed by atoms with Crippen molar-refractivity contribution in [1.29, 1.82) is 0 Å². The third-order valence-corrected chi connectivity index (χ3v) is 4.54. The number of nitro benzene ring substituents is 1. The largest absolute Gasteiger partial charge is 0.380 e. The van der Waals surface area contributed by atoms with E-state index in [2.05, 4.69) is 10.6 Å². The van der Waals surface area contributed by atoms with Gasteiger partial charge in [-0.3, -0.25) is 14.9 Å². The van der Waals surface area contributed by atoms with Gasteiger partial charge in [-0.05, 0) is 22.8 Å². The van der Waals surface area contributed by atoms with E-state index >= 15 is 0 Å². The van der Waals surface area contributed by atoms with Crippen molar-refractivity contribution in [2.24, 2.45) is 0 Å². The smallest absolute Gasteiger partial charge is 0.270 e. The Morgan fingerprint density at radius 1 is 0.933 bits per heavy atom. The van der Waals surface area contributed by atoms with Crippen molar-refractivity contribution in [1.82, 2.24) is 5.32 Å². The van der Waals surface area contributed by atoms with Crippen LogP contribution in [-0.2, 0) is 24.5 Å². The minimum Gasteiger partial charge on any atom is -0.380 e. The molecule has 30 heavy (non-hydrogen) atoms. The lowest BCUT2D eigenvalue weighted by Gasteiger charge is -2.12. The standard InChI is InChI=1S/C23H23N3O4/c1-24-23(27)21-13-20(26(28)29)10-11-22(21)25-14-18-8-5-9-19(12-18)16-30-15-17-6-3-2-4-7-17/h2-13,25H,14-16H2,1H3,(H,24,27). The van der Waals surface area contributed by atoms with Crippen LogP contribution >= 0.6 is 0 Å². The first-order valence-corrected chi connectivity index (χ1v) is 9.50. The molecule has 0 aromatic heterocycles. The lowest BCUT2D eigenvalue weighted by atomic mass is 10.1. The van der Waals surface area contributed by atoms with Crippen molar-refractivity contribution in [2.75, 3.05) is 12.4 Å². The van der Waals surface area contributed by atoms with Gasteiger partial charge in [0, 0.05) is 31.4 Å². The molecule has 0 radical (unpaired) electrons. The van der Waals surface area contributed by atoms with Gasteiger partial charge in [-0.2, -0.15) is 0 Å². The summed E-state index contributed by atoms with van der Waals surface area (Å²) < 4.78 is 5.79. The number of amides is 1. The van der Waals surface area contributed by atoms with Gasteiger partial charge in [-0.1, -0.05) is 54.6 Å². The molecule has 154 valence electrons. The third kappa shape index (κ3) is 5.65. The number of rotatable bonds is 9. The van der Waals surface area contributed by atoms with Gasteiger partial charge in [0.1, 0.15) is 0 Å². The van der Waals surface area contributed by atoms with E-state index in [1.165, 1.54) is 19.2 Å². The molecule has 0 bridgehead atoms. The Kier molecular flexibility index (Phi) is 7.13. The molecular weight excluding hydrogens is 382 g/mol. The predicted octanol–water partition coefficient (Wildman–Crippen LogP) is 4.28. The number of carbonyl (C=O) groups is 1. The van der Waals surface area contributed by atoms with Gasteiger partial charge in [0.2, 0.25) is 0 Å². The molecule has 0 heterocycles. The minimum atomic E-state index is -0.519. The molecule has 2 N–H and O–H groups in total. The van der Waals surface area contributed by atoms with Gasteiger partial charge in [-0.15, -0.1) is 0 Å². The lowest BCUT2D eigenvalue weighted by molar-refractivity contribution is -0.384. The summed E-state index contributed by atoms with van der Waals surface area (Å²) in [5.74, 6) is -0.385. The van der Waals surface area contributed by atoms with Gasteiger partial charge < -0.3 is 15.4 Å². The van der Waals surface area contributed by atoms with Gasteiger partial charge in [0.15, 0.2) is 0 Å². The predicted molar refractivity (Wildman–Crippen MR) is 115 cm³/mol. The molecule has 0 aliphatic heterocycles. The number of nitrogens with zero attached hydrogens (tertiary/aromatic N) is 1. The topological polar surface area (TPSA) is 93.5 Å². The molecule has 0 fully saturated rings. The molecule has 0 aliphatic carbocycles. The lowest BCUT2D eigenvalue weighted by Crippen LogP contribution is -2.20. The molecule has 0 atom stereocenters. The van der Waals surface area contributed by atoms with Crippen molar-refractivity contribution in [3.8, 4) is 0 Å². The molecule has 3 rings (SSSR count). The monoisotopic (exact) mass is 405 g/mol. The maximum absolute atomic E-state index is 12.1. The number of hydrogen-bond donors (Lipinski definition) is 2. The summed E-state index contributed by atoms with van der Waals surface area (Å²) in [4.78, 5) is 22.6. The van der Waals surface area contributed by atoms with E-state index < -0.39 is 4.92 Å². The van der Waals surface area contributed by atoms with Crippen LogP contribution in [0.15, 0.2) is 72.8 Å². The Hall–Kier alpha value is -3.71. The van der Waals surface area contributed by atoms with Crippen LogP contribution < -0.4 is 10.6 Å². The van der Waals surface area contributed by atoms with Crippen molar-refractivity contribution >= 4 is 17.3 Å². The normalized spacial score (nSPS) is 10.4. The Balaban J connectivity index is 1.64. The Morgan fingerprint density at radius 3 is 2.37 bits per heavy atom.